The van der Waals surface area contributed by atoms with Gasteiger partial charge in [-0.25, -0.2) is 0 Å². The molecule has 0 radical (unpaired) electrons. The van der Waals surface area contributed by atoms with Gasteiger partial charge in [0.25, 0.3) is 0 Å². The SMILES string of the molecule is CC[C@H]1CN(C(=O)C2CC2)CC[C@H]1NCc1cc(OC)cc(OC)c1. The van der Waals surface area contributed by atoms with Gasteiger partial charge in [-0.05, 0) is 42.9 Å². The van der Waals surface area contributed by atoms with Crippen LogP contribution in [0.1, 0.15) is 38.2 Å². The minimum absolute atomic E-state index is 0.325. The number of amides is 1. The molecule has 1 amide bonds. The van der Waals surface area contributed by atoms with Gasteiger partial charge in [0.05, 0.1) is 14.2 Å². The van der Waals surface area contributed by atoms with Crippen molar-refractivity contribution in [2.75, 3.05) is 27.3 Å². The summed E-state index contributed by atoms with van der Waals surface area (Å²) in [6.45, 7) is 4.78. The van der Waals surface area contributed by atoms with E-state index in [4.69, 9.17) is 9.47 Å². The van der Waals surface area contributed by atoms with Gasteiger partial charge in [0.2, 0.25) is 5.91 Å². The van der Waals surface area contributed by atoms with Crippen molar-refractivity contribution >= 4 is 5.91 Å². The third-order valence-corrected chi connectivity index (χ3v) is 5.48. The van der Waals surface area contributed by atoms with Crippen LogP contribution in [0.5, 0.6) is 11.5 Å². The quantitative estimate of drug-likeness (QED) is 0.825. The highest BCUT2D eigenvalue weighted by molar-refractivity contribution is 5.81. The Morgan fingerprint density at radius 3 is 2.40 bits per heavy atom. The van der Waals surface area contributed by atoms with Crippen LogP contribution >= 0.6 is 0 Å². The Morgan fingerprint density at radius 1 is 1.16 bits per heavy atom. The van der Waals surface area contributed by atoms with Crippen LogP contribution < -0.4 is 14.8 Å². The van der Waals surface area contributed by atoms with Crippen molar-refractivity contribution in [2.24, 2.45) is 11.8 Å². The lowest BCUT2D eigenvalue weighted by Gasteiger charge is -2.39. The van der Waals surface area contributed by atoms with Crippen LogP contribution in [-0.4, -0.2) is 44.2 Å². The van der Waals surface area contributed by atoms with E-state index in [-0.39, 0.29) is 0 Å². The molecular formula is C20H30N2O3. The number of methoxy groups -OCH3 is 2. The monoisotopic (exact) mass is 346 g/mol. The van der Waals surface area contributed by atoms with Crippen molar-refractivity contribution in [3.05, 3.63) is 23.8 Å². The first-order valence-electron chi connectivity index (χ1n) is 9.38. The minimum atomic E-state index is 0.325. The summed E-state index contributed by atoms with van der Waals surface area (Å²) in [5, 5.41) is 3.70. The lowest BCUT2D eigenvalue weighted by Crippen LogP contribution is -2.51. The molecule has 0 spiro atoms. The standard InChI is InChI=1S/C20H30N2O3/c1-4-15-13-22(20(23)16-5-6-16)8-7-19(15)21-12-14-9-17(24-2)11-18(10-14)25-3/h9-11,15-16,19,21H,4-8,12-13H2,1-3H3/t15-,19+/m0/s1. The summed E-state index contributed by atoms with van der Waals surface area (Å²) in [5.74, 6) is 2.85. The van der Waals surface area contributed by atoms with Crippen molar-refractivity contribution in [3.8, 4) is 11.5 Å². The minimum Gasteiger partial charge on any atom is -0.497 e. The van der Waals surface area contributed by atoms with E-state index in [0.29, 0.717) is 23.8 Å². The number of nitrogens with one attached hydrogen (secondary N) is 1. The fraction of sp³-hybridized carbons (Fsp3) is 0.650. The van der Waals surface area contributed by atoms with E-state index in [1.807, 2.05) is 18.2 Å². The molecule has 1 aromatic rings. The average Bonchev–Trinajstić information content (AvgIpc) is 3.50. The first-order valence-corrected chi connectivity index (χ1v) is 9.38. The summed E-state index contributed by atoms with van der Waals surface area (Å²) in [6, 6.07) is 6.43. The van der Waals surface area contributed by atoms with E-state index in [1.54, 1.807) is 14.2 Å². The second kappa shape index (κ2) is 8.09. The molecule has 2 aliphatic rings. The molecule has 1 aliphatic heterocycles. The molecule has 25 heavy (non-hydrogen) atoms. The fourth-order valence-electron chi connectivity index (χ4n) is 3.72. The maximum Gasteiger partial charge on any atom is 0.225 e. The molecular weight excluding hydrogens is 316 g/mol. The zero-order valence-electron chi connectivity index (χ0n) is 15.6. The number of hydrogen-bond acceptors (Lipinski definition) is 4. The number of nitrogens with zero attached hydrogens (tertiary/aromatic N) is 1. The number of piperidine rings is 1. The highest BCUT2D eigenvalue weighted by Crippen LogP contribution is 2.33. The van der Waals surface area contributed by atoms with Crippen LogP contribution in [0.15, 0.2) is 18.2 Å². The van der Waals surface area contributed by atoms with E-state index in [1.165, 1.54) is 0 Å². The Kier molecular flexibility index (Phi) is 5.84. The van der Waals surface area contributed by atoms with E-state index < -0.39 is 0 Å². The van der Waals surface area contributed by atoms with Gasteiger partial charge in [-0.15, -0.1) is 0 Å². The van der Waals surface area contributed by atoms with Crippen LogP contribution in [0.3, 0.4) is 0 Å². The molecule has 0 bridgehead atoms. The summed E-state index contributed by atoms with van der Waals surface area (Å²) in [5.41, 5.74) is 1.16. The molecule has 1 aromatic carbocycles. The molecule has 5 heteroatoms. The maximum atomic E-state index is 12.3. The molecule has 1 aliphatic carbocycles. The molecule has 1 N–H and O–H groups in total. The van der Waals surface area contributed by atoms with Gasteiger partial charge >= 0.3 is 0 Å². The van der Waals surface area contributed by atoms with Crippen LogP contribution in [0, 0.1) is 11.8 Å². The van der Waals surface area contributed by atoms with Crippen molar-refractivity contribution < 1.29 is 14.3 Å². The van der Waals surface area contributed by atoms with Gasteiger partial charge in [-0.2, -0.15) is 0 Å². The summed E-state index contributed by atoms with van der Waals surface area (Å²) in [6.07, 6.45) is 4.29. The van der Waals surface area contributed by atoms with Gasteiger partial charge in [0.1, 0.15) is 11.5 Å². The van der Waals surface area contributed by atoms with Gasteiger partial charge in [-0.1, -0.05) is 13.3 Å². The molecule has 5 nitrogen and oxygen atoms in total. The van der Waals surface area contributed by atoms with Crippen LogP contribution in [0.2, 0.25) is 0 Å². The van der Waals surface area contributed by atoms with Gasteiger partial charge in [-0.3, -0.25) is 4.79 Å². The third-order valence-electron chi connectivity index (χ3n) is 5.48. The van der Waals surface area contributed by atoms with Gasteiger partial charge in [0.15, 0.2) is 0 Å². The Hall–Kier alpha value is -1.75. The molecule has 0 aromatic heterocycles. The number of likely N-dealkylation sites (tertiary alicyclic amines) is 1. The van der Waals surface area contributed by atoms with Gasteiger partial charge in [0, 0.05) is 37.7 Å². The molecule has 1 heterocycles. The highest BCUT2D eigenvalue weighted by Gasteiger charge is 2.37. The number of hydrogen-bond donors (Lipinski definition) is 1. The fourth-order valence-corrected chi connectivity index (χ4v) is 3.72. The number of benzene rings is 1. The zero-order chi connectivity index (χ0) is 17.8. The molecule has 3 rings (SSSR count). The van der Waals surface area contributed by atoms with E-state index in [2.05, 4.69) is 17.1 Å². The third kappa shape index (κ3) is 4.46. The Labute approximate surface area is 150 Å². The normalized spacial score (nSPS) is 23.4. The smallest absolute Gasteiger partial charge is 0.225 e. The molecule has 2 atom stereocenters. The number of carbonyl (C=O) groups is 1. The van der Waals surface area contributed by atoms with Gasteiger partial charge < -0.3 is 19.7 Å². The Morgan fingerprint density at radius 2 is 1.84 bits per heavy atom. The first kappa shape index (κ1) is 18.1. The summed E-state index contributed by atoms with van der Waals surface area (Å²) in [7, 11) is 3.34. The Balaban J connectivity index is 1.58. The summed E-state index contributed by atoms with van der Waals surface area (Å²) >= 11 is 0. The van der Waals surface area contributed by atoms with Crippen LogP contribution in [0.4, 0.5) is 0 Å². The molecule has 138 valence electrons. The maximum absolute atomic E-state index is 12.3. The average molecular weight is 346 g/mol. The lowest BCUT2D eigenvalue weighted by atomic mass is 9.89. The molecule has 1 saturated heterocycles. The predicted molar refractivity (Wildman–Crippen MR) is 97.9 cm³/mol. The second-order valence-corrected chi connectivity index (χ2v) is 7.22. The first-order chi connectivity index (χ1) is 12.1. The van der Waals surface area contributed by atoms with Crippen molar-refractivity contribution in [3.63, 3.8) is 0 Å². The van der Waals surface area contributed by atoms with E-state index in [9.17, 15) is 4.79 Å². The van der Waals surface area contributed by atoms with Crippen molar-refractivity contribution in [1.82, 2.24) is 10.2 Å². The van der Waals surface area contributed by atoms with E-state index in [0.717, 1.165) is 62.4 Å². The highest BCUT2D eigenvalue weighted by atomic mass is 16.5. The van der Waals surface area contributed by atoms with E-state index >= 15 is 0 Å². The Bertz CT molecular complexity index is 578. The van der Waals surface area contributed by atoms with Crippen molar-refractivity contribution in [1.29, 1.82) is 0 Å². The predicted octanol–water partition coefficient (Wildman–Crippen LogP) is 2.83. The number of carbonyl (C=O) groups excluding carboxylic acids is 1. The molecule has 2 fully saturated rings. The molecule has 0 unspecified atom stereocenters. The summed E-state index contributed by atoms with van der Waals surface area (Å²) in [4.78, 5) is 14.4. The largest absolute Gasteiger partial charge is 0.497 e. The summed E-state index contributed by atoms with van der Waals surface area (Å²) < 4.78 is 10.7. The second-order valence-electron chi connectivity index (χ2n) is 7.22. The van der Waals surface area contributed by atoms with Crippen LogP contribution in [0.25, 0.3) is 0 Å². The number of rotatable bonds is 7. The number of ether oxygens (including phenoxy) is 2. The lowest BCUT2D eigenvalue weighted by molar-refractivity contribution is -0.134. The molecule has 1 saturated carbocycles. The van der Waals surface area contributed by atoms with Crippen molar-refractivity contribution in [2.45, 2.75) is 45.2 Å². The zero-order valence-corrected chi connectivity index (χ0v) is 15.6. The topological polar surface area (TPSA) is 50.8 Å². The van der Waals surface area contributed by atoms with Crippen LogP contribution in [-0.2, 0) is 11.3 Å².